The molecule has 1 fully saturated rings. The number of hydrogen-bond donors (Lipinski definition) is 1. The first-order valence-corrected chi connectivity index (χ1v) is 8.09. The summed E-state index contributed by atoms with van der Waals surface area (Å²) in [6, 6.07) is 1.77. The molecule has 2 heterocycles. The predicted molar refractivity (Wildman–Crippen MR) is 84.7 cm³/mol. The second-order valence-corrected chi connectivity index (χ2v) is 5.71. The average Bonchev–Trinajstić information content (AvgIpc) is 2.51. The van der Waals surface area contributed by atoms with Gasteiger partial charge in [-0.3, -0.25) is 4.79 Å². The number of carbonyl (C=O) groups is 1. The standard InChI is InChI=1S/C16H26N4O/c1-3-4-6-9-17-15(21)14-12-13(2)18-16(19-14)20-10-7-5-8-11-20/h12H,3-11H2,1-2H3,(H,17,21). The minimum Gasteiger partial charge on any atom is -0.351 e. The van der Waals surface area contributed by atoms with E-state index in [1.807, 2.05) is 6.92 Å². The summed E-state index contributed by atoms with van der Waals surface area (Å²) in [5.74, 6) is 0.614. The molecule has 1 aliphatic heterocycles. The van der Waals surface area contributed by atoms with E-state index in [2.05, 4.69) is 27.1 Å². The van der Waals surface area contributed by atoms with Crippen molar-refractivity contribution in [1.29, 1.82) is 0 Å². The number of hydrogen-bond acceptors (Lipinski definition) is 4. The number of aryl methyl sites for hydroxylation is 1. The largest absolute Gasteiger partial charge is 0.351 e. The van der Waals surface area contributed by atoms with Gasteiger partial charge < -0.3 is 10.2 Å². The van der Waals surface area contributed by atoms with Crippen LogP contribution in [0.2, 0.25) is 0 Å². The summed E-state index contributed by atoms with van der Waals surface area (Å²) >= 11 is 0. The van der Waals surface area contributed by atoms with E-state index in [0.29, 0.717) is 11.6 Å². The monoisotopic (exact) mass is 290 g/mol. The summed E-state index contributed by atoms with van der Waals surface area (Å²) in [5, 5.41) is 2.94. The predicted octanol–water partition coefficient (Wildman–Crippen LogP) is 2.70. The molecule has 0 aliphatic carbocycles. The number of rotatable bonds is 6. The summed E-state index contributed by atoms with van der Waals surface area (Å²) in [6.07, 6.45) is 6.94. The van der Waals surface area contributed by atoms with Gasteiger partial charge in [0.25, 0.3) is 5.91 Å². The summed E-state index contributed by atoms with van der Waals surface area (Å²) in [7, 11) is 0. The molecule has 1 saturated heterocycles. The van der Waals surface area contributed by atoms with E-state index in [1.165, 1.54) is 19.3 Å². The van der Waals surface area contributed by atoms with Crippen molar-refractivity contribution >= 4 is 11.9 Å². The van der Waals surface area contributed by atoms with Crippen LogP contribution in [0.3, 0.4) is 0 Å². The van der Waals surface area contributed by atoms with Gasteiger partial charge in [-0.2, -0.15) is 0 Å². The minimum absolute atomic E-state index is 0.0881. The van der Waals surface area contributed by atoms with Crippen LogP contribution in [0.25, 0.3) is 0 Å². The quantitative estimate of drug-likeness (QED) is 0.818. The Morgan fingerprint density at radius 2 is 2.00 bits per heavy atom. The summed E-state index contributed by atoms with van der Waals surface area (Å²) in [6.45, 7) is 6.76. The van der Waals surface area contributed by atoms with Crippen molar-refractivity contribution in [2.24, 2.45) is 0 Å². The van der Waals surface area contributed by atoms with Crippen LogP contribution in [0.15, 0.2) is 6.07 Å². The van der Waals surface area contributed by atoms with E-state index in [9.17, 15) is 4.79 Å². The van der Waals surface area contributed by atoms with E-state index in [4.69, 9.17) is 0 Å². The van der Waals surface area contributed by atoms with E-state index in [-0.39, 0.29) is 5.91 Å². The van der Waals surface area contributed by atoms with Crippen LogP contribution in [0.5, 0.6) is 0 Å². The van der Waals surface area contributed by atoms with Gasteiger partial charge in [-0.25, -0.2) is 9.97 Å². The molecule has 0 radical (unpaired) electrons. The number of carbonyl (C=O) groups excluding carboxylic acids is 1. The zero-order chi connectivity index (χ0) is 15.1. The third-order valence-electron chi connectivity index (χ3n) is 3.78. The van der Waals surface area contributed by atoms with Crippen molar-refractivity contribution < 1.29 is 4.79 Å². The van der Waals surface area contributed by atoms with Crippen LogP contribution < -0.4 is 10.2 Å². The highest BCUT2D eigenvalue weighted by atomic mass is 16.1. The molecule has 0 atom stereocenters. The Balaban J connectivity index is 2.01. The Morgan fingerprint density at radius 3 is 2.71 bits per heavy atom. The molecule has 0 aromatic carbocycles. The zero-order valence-electron chi connectivity index (χ0n) is 13.2. The molecular formula is C16H26N4O. The van der Waals surface area contributed by atoms with Crippen LogP contribution >= 0.6 is 0 Å². The highest BCUT2D eigenvalue weighted by Crippen LogP contribution is 2.16. The highest BCUT2D eigenvalue weighted by Gasteiger charge is 2.16. The average molecular weight is 290 g/mol. The number of piperidine rings is 1. The fraction of sp³-hybridized carbons (Fsp3) is 0.688. The molecule has 2 rings (SSSR count). The molecule has 0 unspecified atom stereocenters. The Labute approximate surface area is 127 Å². The van der Waals surface area contributed by atoms with E-state index in [1.54, 1.807) is 6.07 Å². The Kier molecular flexibility index (Phi) is 5.96. The van der Waals surface area contributed by atoms with Crippen molar-refractivity contribution in [3.8, 4) is 0 Å². The first-order chi connectivity index (χ1) is 10.2. The molecule has 0 bridgehead atoms. The van der Waals surface area contributed by atoms with Gasteiger partial charge in [0.1, 0.15) is 5.69 Å². The molecule has 21 heavy (non-hydrogen) atoms. The molecule has 5 nitrogen and oxygen atoms in total. The Hall–Kier alpha value is -1.65. The zero-order valence-corrected chi connectivity index (χ0v) is 13.2. The van der Waals surface area contributed by atoms with Crippen molar-refractivity contribution in [3.63, 3.8) is 0 Å². The maximum atomic E-state index is 12.2. The maximum Gasteiger partial charge on any atom is 0.270 e. The fourth-order valence-electron chi connectivity index (χ4n) is 2.57. The smallest absolute Gasteiger partial charge is 0.270 e. The van der Waals surface area contributed by atoms with Gasteiger partial charge in [0.15, 0.2) is 0 Å². The van der Waals surface area contributed by atoms with Crippen LogP contribution in [-0.2, 0) is 0 Å². The molecule has 0 spiro atoms. The molecular weight excluding hydrogens is 264 g/mol. The third-order valence-corrected chi connectivity index (χ3v) is 3.78. The fourth-order valence-corrected chi connectivity index (χ4v) is 2.57. The van der Waals surface area contributed by atoms with E-state index >= 15 is 0 Å². The van der Waals surface area contributed by atoms with Crippen LogP contribution in [0.1, 0.15) is 61.6 Å². The van der Waals surface area contributed by atoms with Crippen molar-refractivity contribution in [3.05, 3.63) is 17.5 Å². The number of nitrogens with zero attached hydrogens (tertiary/aromatic N) is 3. The second-order valence-electron chi connectivity index (χ2n) is 5.71. The van der Waals surface area contributed by atoms with Gasteiger partial charge in [-0.1, -0.05) is 19.8 Å². The Bertz CT molecular complexity index is 469. The highest BCUT2D eigenvalue weighted by molar-refractivity contribution is 5.92. The lowest BCUT2D eigenvalue weighted by atomic mass is 10.1. The normalized spacial score (nSPS) is 15.0. The molecule has 1 aromatic heterocycles. The lowest BCUT2D eigenvalue weighted by Crippen LogP contribution is -2.32. The lowest BCUT2D eigenvalue weighted by molar-refractivity contribution is 0.0947. The van der Waals surface area contributed by atoms with E-state index < -0.39 is 0 Å². The van der Waals surface area contributed by atoms with Crippen LogP contribution in [-0.4, -0.2) is 35.5 Å². The number of aromatic nitrogens is 2. The number of amides is 1. The van der Waals surface area contributed by atoms with E-state index in [0.717, 1.165) is 44.6 Å². The first kappa shape index (κ1) is 15.7. The first-order valence-electron chi connectivity index (χ1n) is 8.09. The van der Waals surface area contributed by atoms with Crippen LogP contribution in [0.4, 0.5) is 5.95 Å². The molecule has 0 saturated carbocycles. The lowest BCUT2D eigenvalue weighted by Gasteiger charge is -2.27. The molecule has 116 valence electrons. The molecule has 1 amide bonds. The van der Waals surface area contributed by atoms with Gasteiger partial charge in [0.05, 0.1) is 0 Å². The molecule has 1 aliphatic rings. The van der Waals surface area contributed by atoms with Gasteiger partial charge >= 0.3 is 0 Å². The van der Waals surface area contributed by atoms with Gasteiger partial charge in [-0.05, 0) is 38.7 Å². The molecule has 5 heteroatoms. The Morgan fingerprint density at radius 1 is 1.24 bits per heavy atom. The third kappa shape index (κ3) is 4.69. The minimum atomic E-state index is -0.0881. The number of nitrogens with one attached hydrogen (secondary N) is 1. The van der Waals surface area contributed by atoms with Crippen molar-refractivity contribution in [2.45, 2.75) is 52.4 Å². The maximum absolute atomic E-state index is 12.2. The summed E-state index contributed by atoms with van der Waals surface area (Å²) in [5.41, 5.74) is 1.34. The molecule has 1 aromatic rings. The van der Waals surface area contributed by atoms with Gasteiger partial charge in [0.2, 0.25) is 5.95 Å². The van der Waals surface area contributed by atoms with Gasteiger partial charge in [0, 0.05) is 25.3 Å². The van der Waals surface area contributed by atoms with Crippen molar-refractivity contribution in [1.82, 2.24) is 15.3 Å². The number of unbranched alkanes of at least 4 members (excludes halogenated alkanes) is 2. The summed E-state index contributed by atoms with van der Waals surface area (Å²) < 4.78 is 0. The summed E-state index contributed by atoms with van der Waals surface area (Å²) in [4.78, 5) is 23.3. The van der Waals surface area contributed by atoms with Crippen LogP contribution in [0, 0.1) is 6.92 Å². The van der Waals surface area contributed by atoms with Gasteiger partial charge in [-0.15, -0.1) is 0 Å². The second kappa shape index (κ2) is 7.96. The van der Waals surface area contributed by atoms with Crippen molar-refractivity contribution in [2.75, 3.05) is 24.5 Å². The number of anilines is 1. The topological polar surface area (TPSA) is 58.1 Å². The SMILES string of the molecule is CCCCCNC(=O)c1cc(C)nc(N2CCCCC2)n1. The molecule has 1 N–H and O–H groups in total.